The van der Waals surface area contributed by atoms with Crippen LogP contribution < -0.4 is 5.32 Å². The van der Waals surface area contributed by atoms with Gasteiger partial charge in [0.15, 0.2) is 4.67 Å². The van der Waals surface area contributed by atoms with Crippen molar-refractivity contribution < 1.29 is 4.42 Å². The Hall–Kier alpha value is -1.11. The molecule has 1 N–H and O–H groups in total. The number of imidazole rings is 1. The number of rotatable bonds is 6. The van der Waals surface area contributed by atoms with Crippen molar-refractivity contribution in [2.24, 2.45) is 0 Å². The topological polar surface area (TPSA) is 43.0 Å². The Morgan fingerprint density at radius 3 is 2.90 bits per heavy atom. The van der Waals surface area contributed by atoms with Crippen molar-refractivity contribution in [2.75, 3.05) is 6.54 Å². The van der Waals surface area contributed by atoms with Crippen LogP contribution in [0.15, 0.2) is 50.2 Å². The monoisotopic (exact) mass is 411 g/mol. The molecule has 0 spiro atoms. The lowest BCUT2D eigenvalue weighted by Crippen LogP contribution is -2.16. The summed E-state index contributed by atoms with van der Waals surface area (Å²) in [6.07, 6.45) is 2.95. The van der Waals surface area contributed by atoms with Crippen molar-refractivity contribution in [3.05, 3.63) is 51.6 Å². The third-order valence-corrected chi connectivity index (χ3v) is 4.99. The van der Waals surface area contributed by atoms with Gasteiger partial charge in [0, 0.05) is 6.54 Å². The van der Waals surface area contributed by atoms with E-state index in [-0.39, 0.29) is 0 Å². The summed E-state index contributed by atoms with van der Waals surface area (Å²) < 4.78 is 9.40. The molecular weight excluding hydrogens is 398 g/mol. The maximum Gasteiger partial charge on any atom is 0.183 e. The third kappa shape index (κ3) is 3.56. The molecule has 2 heterocycles. The quantitative estimate of drug-likeness (QED) is 0.612. The predicted molar refractivity (Wildman–Crippen MR) is 90.2 cm³/mol. The van der Waals surface area contributed by atoms with E-state index < -0.39 is 0 Å². The Bertz CT molecular complexity index is 716. The van der Waals surface area contributed by atoms with Gasteiger partial charge < -0.3 is 14.3 Å². The number of nitrogens with zero attached hydrogens (tertiary/aromatic N) is 2. The molecule has 0 aliphatic rings. The molecule has 2 aromatic heterocycles. The number of aromatic nitrogens is 2. The normalized spacial score (nSPS) is 11.3. The maximum atomic E-state index is 5.52. The van der Waals surface area contributed by atoms with Gasteiger partial charge in [-0.05, 0) is 63.0 Å². The van der Waals surface area contributed by atoms with Crippen LogP contribution in [0.2, 0.25) is 0 Å². The van der Waals surface area contributed by atoms with E-state index >= 15 is 0 Å². The summed E-state index contributed by atoms with van der Waals surface area (Å²) in [6.45, 7) is 2.62. The summed E-state index contributed by atoms with van der Waals surface area (Å²) in [6, 6.07) is 10.2. The van der Waals surface area contributed by atoms with Crippen molar-refractivity contribution in [2.45, 2.75) is 19.5 Å². The van der Waals surface area contributed by atoms with E-state index in [1.165, 1.54) is 5.52 Å². The summed E-state index contributed by atoms with van der Waals surface area (Å²) in [5.41, 5.74) is 2.24. The van der Waals surface area contributed by atoms with Gasteiger partial charge in [-0.1, -0.05) is 12.1 Å². The molecule has 0 amide bonds. The number of furan rings is 1. The molecule has 0 bridgehead atoms. The summed E-state index contributed by atoms with van der Waals surface area (Å²) in [4.78, 5) is 4.39. The lowest BCUT2D eigenvalue weighted by atomic mass is 10.3. The average molecular weight is 413 g/mol. The molecule has 3 rings (SSSR count). The van der Waals surface area contributed by atoms with Crippen molar-refractivity contribution in [3.8, 4) is 0 Å². The molecule has 0 atom stereocenters. The number of fused-ring (bicyclic) bond motifs is 1. The molecule has 1 aromatic carbocycles. The van der Waals surface area contributed by atoms with Gasteiger partial charge >= 0.3 is 0 Å². The average Bonchev–Trinajstić information content (AvgIpc) is 3.03. The van der Waals surface area contributed by atoms with Crippen LogP contribution in [0.4, 0.5) is 0 Å². The fourth-order valence-electron chi connectivity index (χ4n) is 2.25. The van der Waals surface area contributed by atoms with E-state index in [0.717, 1.165) is 46.5 Å². The van der Waals surface area contributed by atoms with Crippen LogP contribution in [0, 0.1) is 0 Å². The van der Waals surface area contributed by atoms with E-state index in [0.29, 0.717) is 0 Å². The van der Waals surface area contributed by atoms with Crippen LogP contribution in [0.25, 0.3) is 11.0 Å². The molecule has 0 aliphatic carbocycles. The Morgan fingerprint density at radius 2 is 2.10 bits per heavy atom. The summed E-state index contributed by atoms with van der Waals surface area (Å²) in [5, 5.41) is 3.38. The first-order chi connectivity index (χ1) is 10.2. The highest BCUT2D eigenvalue weighted by atomic mass is 79.9. The van der Waals surface area contributed by atoms with Crippen molar-refractivity contribution in [1.82, 2.24) is 14.9 Å². The zero-order valence-corrected chi connectivity index (χ0v) is 14.5. The van der Waals surface area contributed by atoms with Gasteiger partial charge in [-0.25, -0.2) is 4.98 Å². The zero-order valence-electron chi connectivity index (χ0n) is 11.4. The van der Waals surface area contributed by atoms with E-state index in [1.54, 1.807) is 0 Å². The molecular formula is C15H15Br2N3O. The molecule has 110 valence electrons. The van der Waals surface area contributed by atoms with Crippen LogP contribution in [0.3, 0.4) is 0 Å². The zero-order chi connectivity index (χ0) is 14.7. The van der Waals surface area contributed by atoms with Gasteiger partial charge in [0.2, 0.25) is 0 Å². The van der Waals surface area contributed by atoms with Gasteiger partial charge in [-0.2, -0.15) is 0 Å². The van der Waals surface area contributed by atoms with Crippen LogP contribution in [0.5, 0.6) is 0 Å². The van der Waals surface area contributed by atoms with Gasteiger partial charge in [0.05, 0.1) is 28.4 Å². The van der Waals surface area contributed by atoms with Crippen molar-refractivity contribution in [3.63, 3.8) is 0 Å². The van der Waals surface area contributed by atoms with E-state index in [4.69, 9.17) is 4.42 Å². The van der Waals surface area contributed by atoms with Crippen molar-refractivity contribution >= 4 is 42.9 Å². The highest BCUT2D eigenvalue weighted by Crippen LogP contribution is 2.26. The Balaban J connectivity index is 1.46. The number of hydrogen-bond donors (Lipinski definition) is 1. The van der Waals surface area contributed by atoms with Crippen LogP contribution in [0.1, 0.15) is 12.2 Å². The smallest absolute Gasteiger partial charge is 0.183 e. The predicted octanol–water partition coefficient (Wildman–Crippen LogP) is 4.33. The minimum atomic E-state index is 0.731. The second-order valence-corrected chi connectivity index (χ2v) is 6.37. The highest BCUT2D eigenvalue weighted by Gasteiger charge is 2.05. The molecule has 21 heavy (non-hydrogen) atoms. The summed E-state index contributed by atoms with van der Waals surface area (Å²) in [5.74, 6) is 0.918. The molecule has 0 saturated carbocycles. The van der Waals surface area contributed by atoms with Crippen LogP contribution >= 0.6 is 31.9 Å². The SMILES string of the molecule is Brc1cc(CNCCCn2cnc3ccccc32)oc1Br. The van der Waals surface area contributed by atoms with Crippen molar-refractivity contribution in [1.29, 1.82) is 0 Å². The molecule has 3 aromatic rings. The molecule has 0 saturated heterocycles. The minimum Gasteiger partial charge on any atom is -0.452 e. The third-order valence-electron chi connectivity index (χ3n) is 3.28. The second kappa shape index (κ2) is 6.77. The van der Waals surface area contributed by atoms with Gasteiger partial charge in [-0.3, -0.25) is 0 Å². The summed E-state index contributed by atoms with van der Waals surface area (Å²) >= 11 is 6.75. The van der Waals surface area contributed by atoms with Gasteiger partial charge in [-0.15, -0.1) is 0 Å². The Kier molecular flexibility index (Phi) is 4.77. The molecule has 0 unspecified atom stereocenters. The highest BCUT2D eigenvalue weighted by molar-refractivity contribution is 9.13. The van der Waals surface area contributed by atoms with E-state index in [1.807, 2.05) is 30.6 Å². The van der Waals surface area contributed by atoms with Gasteiger partial charge in [0.1, 0.15) is 5.76 Å². The lowest BCUT2D eigenvalue weighted by Gasteiger charge is -2.05. The number of hydrogen-bond acceptors (Lipinski definition) is 3. The molecule has 0 aliphatic heterocycles. The first-order valence-corrected chi connectivity index (χ1v) is 8.37. The molecule has 0 radical (unpaired) electrons. The largest absolute Gasteiger partial charge is 0.452 e. The van der Waals surface area contributed by atoms with E-state index in [9.17, 15) is 0 Å². The van der Waals surface area contributed by atoms with Gasteiger partial charge in [0.25, 0.3) is 0 Å². The number of nitrogens with one attached hydrogen (secondary N) is 1. The van der Waals surface area contributed by atoms with Crippen LogP contribution in [-0.4, -0.2) is 16.1 Å². The fraction of sp³-hybridized carbons (Fsp3) is 0.267. The lowest BCUT2D eigenvalue weighted by molar-refractivity contribution is 0.460. The minimum absolute atomic E-state index is 0.731. The number of benzene rings is 1. The van der Waals surface area contributed by atoms with Crippen LogP contribution in [-0.2, 0) is 13.1 Å². The van der Waals surface area contributed by atoms with E-state index in [2.05, 4.69) is 52.8 Å². The Morgan fingerprint density at radius 1 is 1.24 bits per heavy atom. The fourth-order valence-corrected chi connectivity index (χ4v) is 2.91. The number of para-hydroxylation sites is 2. The number of aryl methyl sites for hydroxylation is 1. The maximum absolute atomic E-state index is 5.52. The summed E-state index contributed by atoms with van der Waals surface area (Å²) in [7, 11) is 0. The molecule has 0 fully saturated rings. The molecule has 6 heteroatoms. The molecule has 4 nitrogen and oxygen atoms in total. The Labute approximate surface area is 139 Å². The standard InChI is InChI=1S/C15H15Br2N3O/c16-12-8-11(21-15(12)17)9-18-6-3-7-20-10-19-13-4-1-2-5-14(13)20/h1-2,4-5,8,10,18H,3,6-7,9H2. The number of halogens is 2. The first kappa shape index (κ1) is 14.8. The first-order valence-electron chi connectivity index (χ1n) is 6.78. The second-order valence-electron chi connectivity index (χ2n) is 4.79.